The van der Waals surface area contributed by atoms with Crippen molar-refractivity contribution in [2.24, 2.45) is 11.8 Å². The average molecular weight is 433 g/mol. The van der Waals surface area contributed by atoms with Gasteiger partial charge in [-0.05, 0) is 50.1 Å². The van der Waals surface area contributed by atoms with Crippen LogP contribution in [0.15, 0.2) is 39.5 Å². The van der Waals surface area contributed by atoms with Crippen molar-refractivity contribution in [2.75, 3.05) is 11.6 Å². The number of halogens is 1. The van der Waals surface area contributed by atoms with Crippen LogP contribution in [0.3, 0.4) is 0 Å². The second-order valence-electron chi connectivity index (χ2n) is 6.96. The normalized spacial score (nSPS) is 24.5. The smallest absolute Gasteiger partial charge is 0.247 e. The maximum absolute atomic E-state index is 6.38. The van der Waals surface area contributed by atoms with Gasteiger partial charge in [-0.25, -0.2) is 0 Å². The molecule has 2 aliphatic rings. The molecule has 136 valence electrons. The van der Waals surface area contributed by atoms with E-state index in [4.69, 9.17) is 4.74 Å². The van der Waals surface area contributed by atoms with Crippen molar-refractivity contribution in [3.8, 4) is 17.1 Å². The third-order valence-corrected chi connectivity index (χ3v) is 6.12. The molecule has 2 aromatic rings. The lowest BCUT2D eigenvalue weighted by Gasteiger charge is -2.34. The van der Waals surface area contributed by atoms with Crippen molar-refractivity contribution in [1.29, 1.82) is 0 Å². The van der Waals surface area contributed by atoms with Gasteiger partial charge in [0.05, 0.1) is 0 Å². The Hall–Kier alpha value is -1.60. The van der Waals surface area contributed by atoms with E-state index in [9.17, 15) is 0 Å². The number of hydrogen-bond acceptors (Lipinski definition) is 6. The molecule has 7 heteroatoms. The minimum absolute atomic E-state index is 0.151. The summed E-state index contributed by atoms with van der Waals surface area (Å²) in [5.74, 6) is 1.46. The summed E-state index contributed by atoms with van der Waals surface area (Å²) in [6, 6.07) is 6.12. The third kappa shape index (κ3) is 3.34. The van der Waals surface area contributed by atoms with Crippen molar-refractivity contribution >= 4 is 33.4 Å². The van der Waals surface area contributed by atoms with Crippen molar-refractivity contribution in [3.63, 3.8) is 0 Å². The fourth-order valence-corrected chi connectivity index (χ4v) is 4.36. The number of aromatic nitrogens is 3. The Morgan fingerprint density at radius 3 is 2.92 bits per heavy atom. The van der Waals surface area contributed by atoms with E-state index in [1.807, 2.05) is 18.4 Å². The Labute approximate surface area is 166 Å². The van der Waals surface area contributed by atoms with Gasteiger partial charge < -0.3 is 10.1 Å². The number of thioether (sulfide) groups is 1. The quantitative estimate of drug-likeness (QED) is 0.523. The van der Waals surface area contributed by atoms with Gasteiger partial charge in [0.2, 0.25) is 11.0 Å². The number of benzene rings is 1. The predicted molar refractivity (Wildman–Crippen MR) is 108 cm³/mol. The van der Waals surface area contributed by atoms with Gasteiger partial charge in [0, 0.05) is 21.6 Å². The monoisotopic (exact) mass is 432 g/mol. The molecule has 26 heavy (non-hydrogen) atoms. The largest absolute Gasteiger partial charge is 0.452 e. The van der Waals surface area contributed by atoms with Crippen LogP contribution in [-0.4, -0.2) is 27.7 Å². The minimum Gasteiger partial charge on any atom is -0.452 e. The summed E-state index contributed by atoms with van der Waals surface area (Å²) in [6.07, 6.45) is 6.22. The molecular weight excluding hydrogens is 412 g/mol. The zero-order valence-electron chi connectivity index (χ0n) is 15.0. The molecular formula is C19H21BrN4OS. The molecule has 4 rings (SSSR count). The summed E-state index contributed by atoms with van der Waals surface area (Å²) >= 11 is 5.02. The number of fused-ring (bicyclic) bond motifs is 3. The Balaban J connectivity index is 1.79. The van der Waals surface area contributed by atoms with Crippen LogP contribution in [0.1, 0.15) is 26.7 Å². The van der Waals surface area contributed by atoms with Crippen LogP contribution in [0.4, 0.5) is 5.69 Å². The van der Waals surface area contributed by atoms with Gasteiger partial charge >= 0.3 is 0 Å². The number of nitrogens with one attached hydrogen (secondary N) is 1. The van der Waals surface area contributed by atoms with E-state index in [1.54, 1.807) is 0 Å². The highest BCUT2D eigenvalue weighted by atomic mass is 79.9. The SMILES string of the molecule is CSc1nnc2c(n1)O[C@H]([C@@H]1CC=C(C)C[C@H]1C)Nc1ccc(Br)cc1-2. The van der Waals surface area contributed by atoms with Crippen LogP contribution >= 0.6 is 27.7 Å². The van der Waals surface area contributed by atoms with Crippen LogP contribution in [0, 0.1) is 11.8 Å². The number of hydrogen-bond donors (Lipinski definition) is 1. The number of nitrogens with zero attached hydrogens (tertiary/aromatic N) is 3. The maximum atomic E-state index is 6.38. The first kappa shape index (κ1) is 17.8. The van der Waals surface area contributed by atoms with Gasteiger partial charge in [-0.1, -0.05) is 46.3 Å². The zero-order chi connectivity index (χ0) is 18.3. The van der Waals surface area contributed by atoms with Gasteiger partial charge in [-0.3, -0.25) is 0 Å². The van der Waals surface area contributed by atoms with Crippen molar-refractivity contribution < 1.29 is 4.74 Å². The molecule has 0 fully saturated rings. The fraction of sp³-hybridized carbons (Fsp3) is 0.421. The maximum Gasteiger partial charge on any atom is 0.247 e. The summed E-state index contributed by atoms with van der Waals surface area (Å²) in [5.41, 5.74) is 4.10. The molecule has 1 aliphatic carbocycles. The topological polar surface area (TPSA) is 59.9 Å². The van der Waals surface area contributed by atoms with Crippen LogP contribution < -0.4 is 10.1 Å². The summed E-state index contributed by atoms with van der Waals surface area (Å²) in [5, 5.41) is 12.8. The van der Waals surface area contributed by atoms with Crippen LogP contribution in [0.25, 0.3) is 11.3 Å². The van der Waals surface area contributed by atoms with E-state index in [1.165, 1.54) is 17.3 Å². The van der Waals surface area contributed by atoms with E-state index in [-0.39, 0.29) is 6.23 Å². The second-order valence-corrected chi connectivity index (χ2v) is 8.65. The molecule has 0 spiro atoms. The summed E-state index contributed by atoms with van der Waals surface area (Å²) < 4.78 is 7.37. The van der Waals surface area contributed by atoms with E-state index in [2.05, 4.69) is 62.4 Å². The highest BCUT2D eigenvalue weighted by Gasteiger charge is 2.34. The molecule has 1 aliphatic heterocycles. The number of allylic oxidation sites excluding steroid dienone is 2. The third-order valence-electron chi connectivity index (χ3n) is 5.09. The lowest BCUT2D eigenvalue weighted by atomic mass is 9.80. The highest BCUT2D eigenvalue weighted by molar-refractivity contribution is 9.10. The van der Waals surface area contributed by atoms with E-state index in [0.717, 1.165) is 28.6 Å². The molecule has 0 unspecified atom stereocenters. The Kier molecular flexibility index (Phi) is 4.92. The lowest BCUT2D eigenvalue weighted by Crippen LogP contribution is -2.39. The van der Waals surface area contributed by atoms with Crippen LogP contribution in [0.5, 0.6) is 5.88 Å². The standard InChI is InChI=1S/C19H21BrN4OS/c1-10-4-6-13(11(2)8-10)17-21-15-7-5-12(20)9-14(15)16-18(25-17)22-19(26-3)24-23-16/h4-5,7,9,11,13,17,21H,6,8H2,1-3H3/t11-,13-,17-/m1/s1. The number of anilines is 1. The summed E-state index contributed by atoms with van der Waals surface area (Å²) in [4.78, 5) is 4.60. The molecule has 1 N–H and O–H groups in total. The van der Waals surface area contributed by atoms with Crippen LogP contribution in [0.2, 0.25) is 0 Å². The van der Waals surface area contributed by atoms with Gasteiger partial charge in [0.25, 0.3) is 0 Å². The minimum atomic E-state index is -0.151. The molecule has 1 aromatic carbocycles. The zero-order valence-corrected chi connectivity index (χ0v) is 17.4. The van der Waals surface area contributed by atoms with Gasteiger partial charge in [-0.2, -0.15) is 4.98 Å². The summed E-state index contributed by atoms with van der Waals surface area (Å²) in [7, 11) is 0. The predicted octanol–water partition coefficient (Wildman–Crippen LogP) is 5.15. The van der Waals surface area contributed by atoms with Gasteiger partial charge in [0.1, 0.15) is 0 Å². The van der Waals surface area contributed by atoms with Crippen LogP contribution in [-0.2, 0) is 0 Å². The first-order valence-corrected chi connectivity index (χ1v) is 10.7. The highest BCUT2D eigenvalue weighted by Crippen LogP contribution is 2.41. The lowest BCUT2D eigenvalue weighted by molar-refractivity contribution is 0.114. The van der Waals surface area contributed by atoms with E-state index >= 15 is 0 Å². The second kappa shape index (κ2) is 7.19. The first-order chi connectivity index (χ1) is 12.5. The molecule has 2 heterocycles. The Morgan fingerprint density at radius 1 is 1.31 bits per heavy atom. The van der Waals surface area contributed by atoms with Crippen molar-refractivity contribution in [3.05, 3.63) is 34.3 Å². The van der Waals surface area contributed by atoms with E-state index in [0.29, 0.717) is 28.6 Å². The number of rotatable bonds is 2. The molecule has 0 saturated carbocycles. The molecule has 0 saturated heterocycles. The average Bonchev–Trinajstić information content (AvgIpc) is 2.77. The molecule has 0 amide bonds. The molecule has 0 bridgehead atoms. The van der Waals surface area contributed by atoms with Gasteiger partial charge in [-0.15, -0.1) is 10.2 Å². The number of ether oxygens (including phenoxy) is 1. The fourth-order valence-electron chi connectivity index (χ4n) is 3.71. The Morgan fingerprint density at radius 2 is 2.15 bits per heavy atom. The molecule has 5 nitrogen and oxygen atoms in total. The first-order valence-electron chi connectivity index (χ1n) is 8.72. The molecule has 3 atom stereocenters. The Bertz CT molecular complexity index is 873. The van der Waals surface area contributed by atoms with Crippen molar-refractivity contribution in [2.45, 2.75) is 38.1 Å². The van der Waals surface area contributed by atoms with Gasteiger partial charge in [0.15, 0.2) is 11.9 Å². The molecule has 1 aromatic heterocycles. The van der Waals surface area contributed by atoms with Crippen molar-refractivity contribution in [1.82, 2.24) is 15.2 Å². The van der Waals surface area contributed by atoms with E-state index < -0.39 is 0 Å². The summed E-state index contributed by atoms with van der Waals surface area (Å²) in [6.45, 7) is 4.50. The molecule has 0 radical (unpaired) electrons.